The standard InChI is InChI=1S/C30H31F2N5O2/c1-19-11-21(7-9-34-19)14-36(24-6-4-10-35(17-24)23-5-3-8-33-13-23)15-22-16-37-20(2)18-39-30-27(32)26(31)12-25(28(30)37)29(22)38/h3,5,7-9,11-13,16,20,24H,4,6,10,14-15,17-18H2,1-2H3/t20?,24-/m0/s1. The van der Waals surface area contributed by atoms with Crippen molar-refractivity contribution in [3.63, 3.8) is 0 Å². The van der Waals surface area contributed by atoms with E-state index < -0.39 is 11.6 Å². The number of anilines is 1. The normalized spacial score (nSPS) is 18.9. The Morgan fingerprint density at radius 3 is 2.85 bits per heavy atom. The van der Waals surface area contributed by atoms with Gasteiger partial charge in [-0.3, -0.25) is 19.7 Å². The molecule has 39 heavy (non-hydrogen) atoms. The minimum atomic E-state index is -1.07. The van der Waals surface area contributed by atoms with Crippen molar-refractivity contribution < 1.29 is 13.5 Å². The van der Waals surface area contributed by atoms with E-state index in [0.29, 0.717) is 24.2 Å². The lowest BCUT2D eigenvalue weighted by Gasteiger charge is -2.40. The predicted molar refractivity (Wildman–Crippen MR) is 146 cm³/mol. The van der Waals surface area contributed by atoms with Crippen LogP contribution in [0.15, 0.2) is 59.9 Å². The Hall–Kier alpha value is -3.85. The quantitative estimate of drug-likeness (QED) is 0.349. The minimum absolute atomic E-state index is 0.128. The Balaban J connectivity index is 1.40. The molecule has 9 heteroatoms. The zero-order valence-corrected chi connectivity index (χ0v) is 22.1. The maximum atomic E-state index is 14.6. The van der Waals surface area contributed by atoms with E-state index in [-0.39, 0.29) is 35.3 Å². The summed E-state index contributed by atoms with van der Waals surface area (Å²) in [6.45, 7) is 6.87. The van der Waals surface area contributed by atoms with E-state index in [1.54, 1.807) is 12.4 Å². The summed E-state index contributed by atoms with van der Waals surface area (Å²) in [5, 5.41) is 0.147. The molecule has 1 unspecified atom stereocenters. The van der Waals surface area contributed by atoms with Crippen molar-refractivity contribution in [1.82, 2.24) is 19.4 Å². The number of rotatable bonds is 6. The highest BCUT2D eigenvalue weighted by atomic mass is 19.2. The molecule has 7 nitrogen and oxygen atoms in total. The van der Waals surface area contributed by atoms with Crippen molar-refractivity contribution in [3.05, 3.63) is 93.8 Å². The van der Waals surface area contributed by atoms with Crippen molar-refractivity contribution in [3.8, 4) is 5.75 Å². The van der Waals surface area contributed by atoms with E-state index in [2.05, 4.69) is 31.9 Å². The van der Waals surface area contributed by atoms with Gasteiger partial charge in [-0.2, -0.15) is 4.39 Å². The molecule has 0 N–H and O–H groups in total. The van der Waals surface area contributed by atoms with Gasteiger partial charge >= 0.3 is 0 Å². The van der Waals surface area contributed by atoms with Gasteiger partial charge in [-0.1, -0.05) is 0 Å². The molecule has 0 amide bonds. The van der Waals surface area contributed by atoms with Gasteiger partial charge < -0.3 is 14.2 Å². The number of aryl methyl sites for hydroxylation is 1. The van der Waals surface area contributed by atoms with Gasteiger partial charge in [0, 0.05) is 62.1 Å². The van der Waals surface area contributed by atoms with Crippen LogP contribution in [-0.2, 0) is 13.1 Å². The fourth-order valence-electron chi connectivity index (χ4n) is 5.86. The van der Waals surface area contributed by atoms with Crippen LogP contribution in [0.5, 0.6) is 5.75 Å². The summed E-state index contributed by atoms with van der Waals surface area (Å²) in [4.78, 5) is 27.0. The third-order valence-corrected chi connectivity index (χ3v) is 7.83. The van der Waals surface area contributed by atoms with Gasteiger partial charge in [-0.25, -0.2) is 4.39 Å². The van der Waals surface area contributed by atoms with E-state index in [4.69, 9.17) is 4.74 Å². The number of pyridine rings is 3. The van der Waals surface area contributed by atoms with E-state index in [1.807, 2.05) is 42.9 Å². The van der Waals surface area contributed by atoms with Gasteiger partial charge in [0.15, 0.2) is 17.0 Å². The largest absolute Gasteiger partial charge is 0.486 e. The summed E-state index contributed by atoms with van der Waals surface area (Å²) < 4.78 is 36.5. The summed E-state index contributed by atoms with van der Waals surface area (Å²) in [5.41, 5.74) is 3.70. The molecular formula is C30H31F2N5O2. The molecule has 1 fully saturated rings. The smallest absolute Gasteiger partial charge is 0.202 e. The second kappa shape index (κ2) is 10.4. The number of piperidine rings is 1. The maximum Gasteiger partial charge on any atom is 0.202 e. The van der Waals surface area contributed by atoms with Crippen molar-refractivity contribution in [2.24, 2.45) is 0 Å². The molecule has 4 aromatic rings. The topological polar surface area (TPSA) is 63.5 Å². The zero-order valence-electron chi connectivity index (χ0n) is 22.1. The number of hydrogen-bond acceptors (Lipinski definition) is 6. The Morgan fingerprint density at radius 2 is 2.05 bits per heavy atom. The Labute approximate surface area is 225 Å². The van der Waals surface area contributed by atoms with Crippen LogP contribution in [0.3, 0.4) is 0 Å². The molecule has 2 aliphatic rings. The van der Waals surface area contributed by atoms with E-state index >= 15 is 0 Å². The molecule has 202 valence electrons. The van der Waals surface area contributed by atoms with Crippen LogP contribution in [0.1, 0.15) is 42.6 Å². The van der Waals surface area contributed by atoms with Crippen LogP contribution in [0.25, 0.3) is 10.9 Å². The minimum Gasteiger partial charge on any atom is -0.486 e. The SMILES string of the molecule is Cc1cc(CN(Cc2cn3c4c(c(F)c(F)cc4c2=O)OCC3C)[C@H]2CCCN(c3cccnc3)C2)ccn1. The van der Waals surface area contributed by atoms with Gasteiger partial charge in [0.05, 0.1) is 28.8 Å². The zero-order chi connectivity index (χ0) is 27.1. The van der Waals surface area contributed by atoms with Crippen LogP contribution in [-0.4, -0.2) is 45.2 Å². The first-order valence-electron chi connectivity index (χ1n) is 13.4. The van der Waals surface area contributed by atoms with Crippen molar-refractivity contribution >= 4 is 16.6 Å². The van der Waals surface area contributed by atoms with E-state index in [9.17, 15) is 13.6 Å². The Kier molecular flexibility index (Phi) is 6.76. The lowest BCUT2D eigenvalue weighted by molar-refractivity contribution is 0.157. The van der Waals surface area contributed by atoms with Gasteiger partial charge in [0.25, 0.3) is 0 Å². The first-order chi connectivity index (χ1) is 18.9. The van der Waals surface area contributed by atoms with Crippen LogP contribution in [0.2, 0.25) is 0 Å². The lowest BCUT2D eigenvalue weighted by atomic mass is 10.0. The number of nitrogens with zero attached hydrogens (tertiary/aromatic N) is 5. The highest BCUT2D eigenvalue weighted by Crippen LogP contribution is 2.35. The molecule has 1 saturated heterocycles. The highest BCUT2D eigenvalue weighted by Gasteiger charge is 2.30. The molecule has 2 aliphatic heterocycles. The number of benzene rings is 1. The number of ether oxygens (including phenoxy) is 1. The highest BCUT2D eigenvalue weighted by molar-refractivity contribution is 5.86. The van der Waals surface area contributed by atoms with Crippen LogP contribution in [0, 0.1) is 18.6 Å². The van der Waals surface area contributed by atoms with Crippen LogP contribution in [0.4, 0.5) is 14.5 Å². The van der Waals surface area contributed by atoms with Crippen LogP contribution < -0.4 is 15.1 Å². The fourth-order valence-corrected chi connectivity index (χ4v) is 5.86. The molecule has 3 aromatic heterocycles. The molecule has 0 spiro atoms. The summed E-state index contributed by atoms with van der Waals surface area (Å²) >= 11 is 0. The Bertz CT molecular complexity index is 1580. The third-order valence-electron chi connectivity index (χ3n) is 7.83. The third kappa shape index (κ3) is 4.87. The van der Waals surface area contributed by atoms with Gasteiger partial charge in [-0.15, -0.1) is 0 Å². The summed E-state index contributed by atoms with van der Waals surface area (Å²) in [7, 11) is 0. The molecular weight excluding hydrogens is 500 g/mol. The lowest BCUT2D eigenvalue weighted by Crippen LogP contribution is -2.48. The first kappa shape index (κ1) is 25.4. The van der Waals surface area contributed by atoms with Crippen molar-refractivity contribution in [1.29, 1.82) is 0 Å². The molecule has 0 radical (unpaired) electrons. The summed E-state index contributed by atoms with van der Waals surface area (Å²) in [6, 6.07) is 9.14. The molecule has 2 atom stereocenters. The number of aromatic nitrogens is 3. The average Bonchev–Trinajstić information content (AvgIpc) is 2.95. The van der Waals surface area contributed by atoms with Gasteiger partial charge in [0.2, 0.25) is 5.82 Å². The Morgan fingerprint density at radius 1 is 1.18 bits per heavy atom. The number of hydrogen-bond donors (Lipinski definition) is 0. The molecule has 6 rings (SSSR count). The first-order valence-corrected chi connectivity index (χ1v) is 13.4. The summed E-state index contributed by atoms with van der Waals surface area (Å²) in [6.07, 6.45) is 9.27. The predicted octanol–water partition coefficient (Wildman–Crippen LogP) is 5.00. The van der Waals surface area contributed by atoms with E-state index in [0.717, 1.165) is 48.9 Å². The molecule has 0 saturated carbocycles. The molecule has 1 aromatic carbocycles. The molecule has 5 heterocycles. The van der Waals surface area contributed by atoms with Gasteiger partial charge in [0.1, 0.15) is 6.61 Å². The van der Waals surface area contributed by atoms with Gasteiger partial charge in [-0.05, 0) is 62.6 Å². The monoisotopic (exact) mass is 531 g/mol. The van der Waals surface area contributed by atoms with Crippen molar-refractivity contribution in [2.45, 2.75) is 51.9 Å². The van der Waals surface area contributed by atoms with Crippen LogP contribution >= 0.6 is 0 Å². The van der Waals surface area contributed by atoms with Crippen molar-refractivity contribution in [2.75, 3.05) is 24.6 Å². The second-order valence-corrected chi connectivity index (χ2v) is 10.6. The number of halogens is 2. The fraction of sp³-hybridized carbons (Fsp3) is 0.367. The molecule has 0 aliphatic carbocycles. The summed E-state index contributed by atoms with van der Waals surface area (Å²) in [5.74, 6) is -2.31. The maximum absolute atomic E-state index is 14.6. The van der Waals surface area contributed by atoms with E-state index in [1.165, 1.54) is 0 Å². The second-order valence-electron chi connectivity index (χ2n) is 10.6. The molecule has 0 bridgehead atoms. The average molecular weight is 532 g/mol.